The molecule has 0 saturated carbocycles. The SMILES string of the molecule is Nc1cc(C(=O)NCC2CCSCC2)[nH]n1. The number of hydrogen-bond donors (Lipinski definition) is 3. The number of anilines is 1. The molecule has 2 rings (SSSR count). The van der Waals surface area contributed by atoms with Crippen molar-refractivity contribution in [3.8, 4) is 0 Å². The largest absolute Gasteiger partial charge is 0.382 e. The lowest BCUT2D eigenvalue weighted by molar-refractivity contribution is 0.0941. The van der Waals surface area contributed by atoms with Gasteiger partial charge in [0, 0.05) is 12.6 Å². The van der Waals surface area contributed by atoms with Crippen LogP contribution in [0.15, 0.2) is 6.07 Å². The van der Waals surface area contributed by atoms with E-state index in [9.17, 15) is 4.79 Å². The highest BCUT2D eigenvalue weighted by Crippen LogP contribution is 2.21. The van der Waals surface area contributed by atoms with Crippen LogP contribution in [0.1, 0.15) is 23.3 Å². The molecule has 0 radical (unpaired) electrons. The summed E-state index contributed by atoms with van der Waals surface area (Å²) in [5.74, 6) is 3.25. The lowest BCUT2D eigenvalue weighted by atomic mass is 10.0. The first-order valence-corrected chi connectivity index (χ1v) is 6.58. The minimum absolute atomic E-state index is 0.123. The van der Waals surface area contributed by atoms with E-state index in [-0.39, 0.29) is 5.91 Å². The van der Waals surface area contributed by atoms with E-state index in [0.717, 1.165) is 6.54 Å². The second kappa shape index (κ2) is 5.25. The van der Waals surface area contributed by atoms with Crippen LogP contribution in [-0.2, 0) is 0 Å². The third-order valence-corrected chi connectivity index (χ3v) is 3.78. The predicted molar refractivity (Wildman–Crippen MR) is 65.4 cm³/mol. The van der Waals surface area contributed by atoms with Crippen LogP contribution in [0.25, 0.3) is 0 Å². The lowest BCUT2D eigenvalue weighted by Gasteiger charge is -2.21. The molecule has 1 aromatic rings. The maximum Gasteiger partial charge on any atom is 0.269 e. The standard InChI is InChI=1S/C10H16N4OS/c11-9-5-8(13-14-9)10(15)12-6-7-1-3-16-4-2-7/h5,7H,1-4,6H2,(H,12,15)(H3,11,13,14). The number of carbonyl (C=O) groups excluding carboxylic acids is 1. The van der Waals surface area contributed by atoms with Gasteiger partial charge in [-0.1, -0.05) is 0 Å². The van der Waals surface area contributed by atoms with E-state index in [4.69, 9.17) is 5.73 Å². The second-order valence-corrected chi connectivity index (χ2v) is 5.20. The average molecular weight is 240 g/mol. The number of carbonyl (C=O) groups is 1. The van der Waals surface area contributed by atoms with Gasteiger partial charge in [-0.2, -0.15) is 16.9 Å². The predicted octanol–water partition coefficient (Wildman–Crippen LogP) is 0.865. The highest BCUT2D eigenvalue weighted by Gasteiger charge is 2.15. The Morgan fingerprint density at radius 1 is 1.62 bits per heavy atom. The minimum atomic E-state index is -0.123. The molecule has 1 aliphatic rings. The molecule has 4 N–H and O–H groups in total. The normalized spacial score (nSPS) is 17.2. The Balaban J connectivity index is 1.79. The maximum atomic E-state index is 11.7. The van der Waals surface area contributed by atoms with Gasteiger partial charge in [0.25, 0.3) is 5.91 Å². The number of nitrogen functional groups attached to an aromatic ring is 1. The summed E-state index contributed by atoms with van der Waals surface area (Å²) in [6.45, 7) is 0.748. The van der Waals surface area contributed by atoms with E-state index in [1.807, 2.05) is 11.8 Å². The van der Waals surface area contributed by atoms with Crippen molar-refractivity contribution < 1.29 is 4.79 Å². The van der Waals surface area contributed by atoms with Gasteiger partial charge in [-0.15, -0.1) is 0 Å². The first-order chi connectivity index (χ1) is 7.75. The summed E-state index contributed by atoms with van der Waals surface area (Å²) in [4.78, 5) is 11.7. The van der Waals surface area contributed by atoms with Crippen molar-refractivity contribution in [2.24, 2.45) is 5.92 Å². The summed E-state index contributed by atoms with van der Waals surface area (Å²) in [7, 11) is 0. The zero-order valence-corrected chi connectivity index (χ0v) is 9.85. The van der Waals surface area contributed by atoms with Crippen LogP contribution in [0.4, 0.5) is 5.82 Å². The maximum absolute atomic E-state index is 11.7. The molecule has 0 spiro atoms. The van der Waals surface area contributed by atoms with Gasteiger partial charge in [-0.3, -0.25) is 9.89 Å². The molecule has 2 heterocycles. The first kappa shape index (κ1) is 11.3. The molecule has 88 valence electrons. The Morgan fingerprint density at radius 3 is 3.00 bits per heavy atom. The summed E-state index contributed by atoms with van der Waals surface area (Å²) in [5.41, 5.74) is 5.86. The number of nitrogens with one attached hydrogen (secondary N) is 2. The molecule has 16 heavy (non-hydrogen) atoms. The zero-order valence-electron chi connectivity index (χ0n) is 9.03. The topological polar surface area (TPSA) is 83.8 Å². The molecule has 1 aliphatic heterocycles. The Bertz CT molecular complexity index is 359. The fourth-order valence-electron chi connectivity index (χ4n) is 1.74. The summed E-state index contributed by atoms with van der Waals surface area (Å²) in [6.07, 6.45) is 2.38. The van der Waals surface area contributed by atoms with Crippen LogP contribution in [0.5, 0.6) is 0 Å². The molecule has 0 unspecified atom stereocenters. The Labute approximate surface area is 98.6 Å². The molecule has 6 heteroatoms. The molecule has 1 fully saturated rings. The van der Waals surface area contributed by atoms with Gasteiger partial charge in [0.2, 0.25) is 0 Å². The Hall–Kier alpha value is -1.17. The number of aromatic nitrogens is 2. The highest BCUT2D eigenvalue weighted by atomic mass is 32.2. The van der Waals surface area contributed by atoms with E-state index < -0.39 is 0 Å². The molecule has 1 amide bonds. The van der Waals surface area contributed by atoms with Crippen molar-refractivity contribution in [1.29, 1.82) is 0 Å². The molecule has 0 atom stereocenters. The Morgan fingerprint density at radius 2 is 2.38 bits per heavy atom. The van der Waals surface area contributed by atoms with Gasteiger partial charge in [0.05, 0.1) is 0 Å². The number of rotatable bonds is 3. The summed E-state index contributed by atoms with van der Waals surface area (Å²) in [5, 5.41) is 9.23. The van der Waals surface area contributed by atoms with Crippen LogP contribution in [0, 0.1) is 5.92 Å². The average Bonchev–Trinajstić information content (AvgIpc) is 2.74. The van der Waals surface area contributed by atoms with Crippen molar-refractivity contribution in [1.82, 2.24) is 15.5 Å². The van der Waals surface area contributed by atoms with Gasteiger partial charge < -0.3 is 11.1 Å². The van der Waals surface area contributed by atoms with E-state index in [0.29, 0.717) is 17.4 Å². The quantitative estimate of drug-likeness (QED) is 0.732. The Kier molecular flexibility index (Phi) is 3.71. The van der Waals surface area contributed by atoms with Gasteiger partial charge in [0.15, 0.2) is 0 Å². The fraction of sp³-hybridized carbons (Fsp3) is 0.600. The van der Waals surface area contributed by atoms with Crippen molar-refractivity contribution in [2.45, 2.75) is 12.8 Å². The fourth-order valence-corrected chi connectivity index (χ4v) is 2.94. The number of amides is 1. The number of H-pyrrole nitrogens is 1. The minimum Gasteiger partial charge on any atom is -0.382 e. The number of nitrogens with two attached hydrogens (primary N) is 1. The van der Waals surface area contributed by atoms with Crippen LogP contribution in [0.3, 0.4) is 0 Å². The van der Waals surface area contributed by atoms with Crippen LogP contribution in [-0.4, -0.2) is 34.2 Å². The van der Waals surface area contributed by atoms with Crippen molar-refractivity contribution >= 4 is 23.5 Å². The zero-order chi connectivity index (χ0) is 11.4. The van der Waals surface area contributed by atoms with Gasteiger partial charge in [0.1, 0.15) is 11.5 Å². The molecule has 0 aromatic carbocycles. The smallest absolute Gasteiger partial charge is 0.269 e. The van der Waals surface area contributed by atoms with Crippen molar-refractivity contribution in [2.75, 3.05) is 23.8 Å². The van der Waals surface area contributed by atoms with Crippen LogP contribution < -0.4 is 11.1 Å². The van der Waals surface area contributed by atoms with Crippen molar-refractivity contribution in [3.63, 3.8) is 0 Å². The second-order valence-electron chi connectivity index (χ2n) is 3.97. The van der Waals surface area contributed by atoms with E-state index in [1.54, 1.807) is 6.07 Å². The lowest BCUT2D eigenvalue weighted by Crippen LogP contribution is -2.31. The van der Waals surface area contributed by atoms with Gasteiger partial charge in [-0.05, 0) is 30.3 Å². The molecule has 1 aromatic heterocycles. The van der Waals surface area contributed by atoms with Crippen molar-refractivity contribution in [3.05, 3.63) is 11.8 Å². The van der Waals surface area contributed by atoms with E-state index in [1.165, 1.54) is 24.3 Å². The number of aromatic amines is 1. The number of thioether (sulfide) groups is 1. The molecule has 1 saturated heterocycles. The molecule has 5 nitrogen and oxygen atoms in total. The molecule has 0 bridgehead atoms. The summed E-state index contributed by atoms with van der Waals surface area (Å²) in [6, 6.07) is 1.55. The van der Waals surface area contributed by atoms with E-state index >= 15 is 0 Å². The number of hydrogen-bond acceptors (Lipinski definition) is 4. The van der Waals surface area contributed by atoms with Gasteiger partial charge >= 0.3 is 0 Å². The third kappa shape index (κ3) is 2.91. The molecular weight excluding hydrogens is 224 g/mol. The molecule has 0 aliphatic carbocycles. The van der Waals surface area contributed by atoms with E-state index in [2.05, 4.69) is 15.5 Å². The first-order valence-electron chi connectivity index (χ1n) is 5.42. The van der Waals surface area contributed by atoms with Crippen LogP contribution in [0.2, 0.25) is 0 Å². The van der Waals surface area contributed by atoms with Crippen LogP contribution >= 0.6 is 11.8 Å². The third-order valence-electron chi connectivity index (χ3n) is 2.73. The highest BCUT2D eigenvalue weighted by molar-refractivity contribution is 7.99. The summed E-state index contributed by atoms with van der Waals surface area (Å²) >= 11 is 1.99. The monoisotopic (exact) mass is 240 g/mol. The summed E-state index contributed by atoms with van der Waals surface area (Å²) < 4.78 is 0. The molecular formula is C10H16N4OS. The number of nitrogens with zero attached hydrogens (tertiary/aromatic N) is 1. The van der Waals surface area contributed by atoms with Gasteiger partial charge in [-0.25, -0.2) is 0 Å².